The second-order valence-electron chi connectivity index (χ2n) is 7.70. The highest BCUT2D eigenvalue weighted by Gasteiger charge is 2.29. The quantitative estimate of drug-likeness (QED) is 0.574. The molecule has 1 fully saturated rings. The number of nitrogens with zero attached hydrogens (tertiary/aromatic N) is 1. The molecule has 32 heavy (non-hydrogen) atoms. The molecule has 2 aliphatic heterocycles. The summed E-state index contributed by atoms with van der Waals surface area (Å²) in [5, 5.41) is 6.77. The maximum Gasteiger partial charge on any atom is 0.120 e. The number of likely N-dealkylation sites (tertiary alicyclic amines) is 1. The number of anilines is 1. The Bertz CT molecular complexity index is 889. The van der Waals surface area contributed by atoms with Gasteiger partial charge in [0.1, 0.15) is 18.1 Å². The van der Waals surface area contributed by atoms with E-state index < -0.39 is 0 Å². The van der Waals surface area contributed by atoms with Crippen LogP contribution in [0.2, 0.25) is 0 Å². The molecule has 0 amide bonds. The first-order valence-corrected chi connectivity index (χ1v) is 11.5. The fourth-order valence-electron chi connectivity index (χ4n) is 4.09. The number of fused-ring (bicyclic) bond motifs is 1. The maximum absolute atomic E-state index is 5.76. The summed E-state index contributed by atoms with van der Waals surface area (Å²) in [6.07, 6.45) is 3.66. The number of benzene rings is 2. The molecule has 0 spiro atoms. The van der Waals surface area contributed by atoms with Crippen LogP contribution in [-0.4, -0.2) is 58.5 Å². The molecule has 0 aromatic heterocycles. The van der Waals surface area contributed by atoms with Gasteiger partial charge >= 0.3 is 0 Å². The van der Waals surface area contributed by atoms with Gasteiger partial charge in [0.15, 0.2) is 0 Å². The van der Waals surface area contributed by atoms with E-state index in [-0.39, 0.29) is 13.6 Å². The number of rotatable bonds is 8. The first-order chi connectivity index (χ1) is 15.7. The van der Waals surface area contributed by atoms with Crippen molar-refractivity contribution in [2.45, 2.75) is 32.4 Å². The van der Waals surface area contributed by atoms with Crippen LogP contribution < -0.4 is 20.1 Å². The van der Waals surface area contributed by atoms with E-state index in [2.05, 4.69) is 45.9 Å². The molecule has 4 rings (SSSR count). The van der Waals surface area contributed by atoms with Crippen molar-refractivity contribution in [3.05, 3.63) is 59.7 Å². The van der Waals surface area contributed by atoms with Crippen LogP contribution in [0.15, 0.2) is 48.5 Å². The van der Waals surface area contributed by atoms with E-state index in [0.29, 0.717) is 6.61 Å². The fraction of sp³-hybridized carbons (Fsp3) is 0.462. The lowest BCUT2D eigenvalue weighted by Gasteiger charge is -2.32. The minimum absolute atomic E-state index is 0. The minimum atomic E-state index is 0. The first kappa shape index (κ1) is 24.0. The van der Waals surface area contributed by atoms with Crippen molar-refractivity contribution < 1.29 is 15.6 Å². The van der Waals surface area contributed by atoms with Crippen LogP contribution >= 0.6 is 0 Å². The normalized spacial score (nSPS) is 19.3. The van der Waals surface area contributed by atoms with E-state index >= 15 is 0 Å². The molecular weight excluding hydrogens is 402 g/mol. The van der Waals surface area contributed by atoms with Crippen LogP contribution in [0.5, 0.6) is 11.5 Å². The zero-order valence-electron chi connectivity index (χ0n) is 20.0. The second kappa shape index (κ2) is 11.8. The van der Waals surface area contributed by atoms with Gasteiger partial charge in [-0.1, -0.05) is 26.0 Å². The Kier molecular flexibility index (Phi) is 8.82. The number of ether oxygens (including phenoxy) is 3. The summed E-state index contributed by atoms with van der Waals surface area (Å²) in [6, 6.07) is 14.7. The van der Waals surface area contributed by atoms with Crippen molar-refractivity contribution in [1.29, 1.82) is 0 Å². The third kappa shape index (κ3) is 5.56. The topological polar surface area (TPSA) is 55.0 Å². The van der Waals surface area contributed by atoms with Crippen molar-refractivity contribution in [2.24, 2.45) is 0 Å². The summed E-state index contributed by atoms with van der Waals surface area (Å²) in [5.74, 6) is 1.74. The summed E-state index contributed by atoms with van der Waals surface area (Å²) in [5.41, 5.74) is 4.75. The molecule has 2 aromatic carbocycles. The fourth-order valence-corrected chi connectivity index (χ4v) is 4.09. The molecule has 6 heteroatoms. The zero-order chi connectivity index (χ0) is 22.9. The van der Waals surface area contributed by atoms with Crippen LogP contribution in [0.25, 0.3) is 5.70 Å². The van der Waals surface area contributed by atoms with Gasteiger partial charge in [-0.2, -0.15) is 0 Å². The van der Waals surface area contributed by atoms with E-state index in [0.717, 1.165) is 43.2 Å². The predicted molar refractivity (Wildman–Crippen MR) is 134 cm³/mol. The van der Waals surface area contributed by atoms with Crippen molar-refractivity contribution in [3.8, 4) is 11.5 Å². The van der Waals surface area contributed by atoms with Crippen LogP contribution in [0.4, 0.5) is 5.69 Å². The number of likely N-dealkylation sites (N-methyl/N-ethyl adjacent to an activating group) is 1. The van der Waals surface area contributed by atoms with Crippen molar-refractivity contribution >= 4 is 11.4 Å². The molecule has 0 aliphatic carbocycles. The second-order valence-corrected chi connectivity index (χ2v) is 7.70. The molecule has 2 heterocycles. The molecule has 176 valence electrons. The van der Waals surface area contributed by atoms with Crippen molar-refractivity contribution in [3.63, 3.8) is 0 Å². The lowest BCUT2D eigenvalue weighted by Crippen LogP contribution is -2.26. The van der Waals surface area contributed by atoms with Crippen LogP contribution in [-0.2, 0) is 4.74 Å². The zero-order valence-corrected chi connectivity index (χ0v) is 20.0. The largest absolute Gasteiger partial charge is 0.497 e. The van der Waals surface area contributed by atoms with E-state index in [1.807, 2.05) is 39.1 Å². The lowest BCUT2D eigenvalue weighted by atomic mass is 9.96. The molecule has 2 unspecified atom stereocenters. The third-order valence-corrected chi connectivity index (χ3v) is 5.82. The Balaban J connectivity index is 0.00000125. The highest BCUT2D eigenvalue weighted by molar-refractivity contribution is 5.80. The van der Waals surface area contributed by atoms with Gasteiger partial charge in [-0.25, -0.2) is 0 Å². The Labute approximate surface area is 194 Å². The van der Waals surface area contributed by atoms with E-state index in [1.54, 1.807) is 14.2 Å². The van der Waals surface area contributed by atoms with E-state index in [9.17, 15) is 0 Å². The molecule has 2 N–H and O–H groups in total. The van der Waals surface area contributed by atoms with Gasteiger partial charge in [0.05, 0.1) is 19.3 Å². The van der Waals surface area contributed by atoms with E-state index in [4.69, 9.17) is 14.2 Å². The Morgan fingerprint density at radius 1 is 1.09 bits per heavy atom. The number of nitrogens with one attached hydrogen (secondary N) is 2. The summed E-state index contributed by atoms with van der Waals surface area (Å²) >= 11 is 0. The van der Waals surface area contributed by atoms with Crippen LogP contribution in [0, 0.1) is 0 Å². The number of hydrogen-bond acceptors (Lipinski definition) is 6. The van der Waals surface area contributed by atoms with Crippen molar-refractivity contribution in [2.75, 3.05) is 52.8 Å². The van der Waals surface area contributed by atoms with Gasteiger partial charge in [-0.05, 0) is 49.4 Å². The molecular formula is C26H39N3O3. The van der Waals surface area contributed by atoms with Gasteiger partial charge in [-0.15, -0.1) is 0 Å². The van der Waals surface area contributed by atoms with Crippen LogP contribution in [0.3, 0.4) is 0 Å². The average molecular weight is 442 g/mol. The van der Waals surface area contributed by atoms with Gasteiger partial charge in [0, 0.05) is 51.2 Å². The monoisotopic (exact) mass is 441 g/mol. The maximum atomic E-state index is 5.76. The number of methoxy groups -OCH3 is 2. The molecule has 2 atom stereocenters. The van der Waals surface area contributed by atoms with Crippen molar-refractivity contribution in [1.82, 2.24) is 10.2 Å². The first-order valence-electron chi connectivity index (χ1n) is 11.5. The smallest absolute Gasteiger partial charge is 0.120 e. The SMILES string of the molecule is CC.CNCCOc1ccc(C2C=C(N3CCC(OC)C3)c3ccc(OC)cc3N2)cc1.[HH]. The number of hydrogen-bond donors (Lipinski definition) is 2. The predicted octanol–water partition coefficient (Wildman–Crippen LogP) is 4.79. The molecule has 1 saturated heterocycles. The van der Waals surface area contributed by atoms with Gasteiger partial charge in [-0.3, -0.25) is 0 Å². The lowest BCUT2D eigenvalue weighted by molar-refractivity contribution is 0.113. The Morgan fingerprint density at radius 3 is 2.50 bits per heavy atom. The highest BCUT2D eigenvalue weighted by Crippen LogP contribution is 2.40. The Morgan fingerprint density at radius 2 is 1.84 bits per heavy atom. The molecule has 2 aromatic rings. The molecule has 0 bridgehead atoms. The summed E-state index contributed by atoms with van der Waals surface area (Å²) < 4.78 is 16.8. The molecule has 0 saturated carbocycles. The molecule has 2 aliphatic rings. The van der Waals surface area contributed by atoms with Gasteiger partial charge in [0.25, 0.3) is 0 Å². The van der Waals surface area contributed by atoms with E-state index in [1.165, 1.54) is 16.8 Å². The Hall–Kier alpha value is -2.70. The van der Waals surface area contributed by atoms with Crippen LogP contribution in [0.1, 0.15) is 38.9 Å². The third-order valence-electron chi connectivity index (χ3n) is 5.82. The summed E-state index contributed by atoms with van der Waals surface area (Å²) in [6.45, 7) is 7.40. The van der Waals surface area contributed by atoms with Gasteiger partial charge in [0.2, 0.25) is 0 Å². The standard InChI is InChI=1S/C24H31N3O3.C2H6.H2/c1-25-11-13-30-18-6-4-17(5-7-18)22-15-24(27-12-10-20(16-27)29-3)21-9-8-19(28-2)14-23(21)26-22;1-2;/h4-9,14-15,20,22,25-26H,10-13,16H2,1-3H3;1-2H3;1H. The summed E-state index contributed by atoms with van der Waals surface area (Å²) in [7, 11) is 5.43. The summed E-state index contributed by atoms with van der Waals surface area (Å²) in [4.78, 5) is 2.43. The highest BCUT2D eigenvalue weighted by atomic mass is 16.5. The molecule has 0 radical (unpaired) electrons. The minimum Gasteiger partial charge on any atom is -0.497 e. The van der Waals surface area contributed by atoms with Gasteiger partial charge < -0.3 is 29.7 Å². The molecule has 6 nitrogen and oxygen atoms in total. The average Bonchev–Trinajstić information content (AvgIpc) is 3.34.